The maximum absolute atomic E-state index is 11.8. The van der Waals surface area contributed by atoms with Crippen LogP contribution in [0, 0.1) is 6.92 Å². The van der Waals surface area contributed by atoms with Crippen LogP contribution in [0.4, 0.5) is 0 Å². The zero-order chi connectivity index (χ0) is 11.4. The van der Waals surface area contributed by atoms with Crippen molar-refractivity contribution in [2.75, 3.05) is 13.3 Å². The molecule has 0 aromatic carbocycles. The Bertz CT molecular complexity index is 335. The van der Waals surface area contributed by atoms with Gasteiger partial charge in [0.25, 0.3) is 0 Å². The summed E-state index contributed by atoms with van der Waals surface area (Å²) in [4.78, 5) is 14.9. The molecular formula is C11H17NOS2. The molecule has 0 aliphatic carbocycles. The van der Waals surface area contributed by atoms with E-state index in [0.29, 0.717) is 0 Å². The van der Waals surface area contributed by atoms with Crippen LogP contribution in [0.2, 0.25) is 0 Å². The first kappa shape index (κ1) is 12.6. The SMILES string of the molecule is CS[C@@H](C)C(=O)N(C)Cc1sccc1C. The van der Waals surface area contributed by atoms with Crippen molar-refractivity contribution in [2.24, 2.45) is 0 Å². The van der Waals surface area contributed by atoms with Crippen LogP contribution in [-0.4, -0.2) is 29.4 Å². The van der Waals surface area contributed by atoms with Crippen LogP contribution >= 0.6 is 23.1 Å². The molecule has 0 saturated carbocycles. The van der Waals surface area contributed by atoms with E-state index in [9.17, 15) is 4.79 Å². The predicted molar refractivity (Wildman–Crippen MR) is 68.5 cm³/mol. The third-order valence-corrected chi connectivity index (χ3v) is 4.34. The molecule has 0 aliphatic rings. The first-order chi connectivity index (χ1) is 7.06. The summed E-state index contributed by atoms with van der Waals surface area (Å²) >= 11 is 3.30. The average Bonchev–Trinajstić information content (AvgIpc) is 2.62. The fourth-order valence-electron chi connectivity index (χ4n) is 1.27. The van der Waals surface area contributed by atoms with Crippen LogP contribution in [0.15, 0.2) is 11.4 Å². The van der Waals surface area contributed by atoms with Crippen molar-refractivity contribution < 1.29 is 4.79 Å². The molecular weight excluding hydrogens is 226 g/mol. The second-order valence-electron chi connectivity index (χ2n) is 3.60. The van der Waals surface area contributed by atoms with Gasteiger partial charge in [-0.15, -0.1) is 11.3 Å². The van der Waals surface area contributed by atoms with Crippen molar-refractivity contribution >= 4 is 29.0 Å². The molecule has 0 aliphatic heterocycles. The number of carbonyl (C=O) groups excluding carboxylic acids is 1. The van der Waals surface area contributed by atoms with Gasteiger partial charge in [-0.1, -0.05) is 0 Å². The van der Waals surface area contributed by atoms with Crippen LogP contribution in [0.1, 0.15) is 17.4 Å². The Morgan fingerprint density at radius 2 is 2.33 bits per heavy atom. The minimum Gasteiger partial charge on any atom is -0.340 e. The quantitative estimate of drug-likeness (QED) is 0.810. The molecule has 0 radical (unpaired) electrons. The van der Waals surface area contributed by atoms with E-state index in [0.717, 1.165) is 6.54 Å². The molecule has 0 N–H and O–H groups in total. The summed E-state index contributed by atoms with van der Waals surface area (Å²) in [6.07, 6.45) is 1.97. The number of nitrogens with zero attached hydrogens (tertiary/aromatic N) is 1. The van der Waals surface area contributed by atoms with Crippen molar-refractivity contribution in [3.8, 4) is 0 Å². The second kappa shape index (κ2) is 5.56. The highest BCUT2D eigenvalue weighted by atomic mass is 32.2. The summed E-state index contributed by atoms with van der Waals surface area (Å²) in [6.45, 7) is 4.76. The number of hydrogen-bond donors (Lipinski definition) is 0. The van der Waals surface area contributed by atoms with Crippen LogP contribution in [-0.2, 0) is 11.3 Å². The van der Waals surface area contributed by atoms with E-state index in [-0.39, 0.29) is 11.2 Å². The molecule has 1 atom stereocenters. The highest BCUT2D eigenvalue weighted by Gasteiger charge is 2.17. The molecule has 0 unspecified atom stereocenters. The number of rotatable bonds is 4. The van der Waals surface area contributed by atoms with Crippen molar-refractivity contribution in [1.82, 2.24) is 4.90 Å². The molecule has 0 spiro atoms. The largest absolute Gasteiger partial charge is 0.340 e. The minimum atomic E-state index is 0.0512. The molecule has 84 valence electrons. The van der Waals surface area contributed by atoms with Gasteiger partial charge in [0, 0.05) is 11.9 Å². The van der Waals surface area contributed by atoms with E-state index in [2.05, 4.69) is 18.4 Å². The van der Waals surface area contributed by atoms with Crippen molar-refractivity contribution in [3.63, 3.8) is 0 Å². The Morgan fingerprint density at radius 3 is 2.80 bits per heavy atom. The van der Waals surface area contributed by atoms with Crippen LogP contribution in [0.5, 0.6) is 0 Å². The van der Waals surface area contributed by atoms with E-state index < -0.39 is 0 Å². The lowest BCUT2D eigenvalue weighted by atomic mass is 10.3. The lowest BCUT2D eigenvalue weighted by molar-refractivity contribution is -0.129. The number of carbonyl (C=O) groups is 1. The minimum absolute atomic E-state index is 0.0512. The molecule has 0 bridgehead atoms. The van der Waals surface area contributed by atoms with Crippen molar-refractivity contribution in [1.29, 1.82) is 0 Å². The van der Waals surface area contributed by atoms with Gasteiger partial charge in [0.05, 0.1) is 11.8 Å². The van der Waals surface area contributed by atoms with E-state index in [1.165, 1.54) is 10.4 Å². The van der Waals surface area contributed by atoms with E-state index in [1.54, 1.807) is 28.0 Å². The average molecular weight is 243 g/mol. The van der Waals surface area contributed by atoms with Crippen molar-refractivity contribution in [2.45, 2.75) is 25.6 Å². The zero-order valence-electron chi connectivity index (χ0n) is 9.61. The standard InChI is InChI=1S/C11H17NOS2/c1-8-5-6-15-10(8)7-12(3)11(13)9(2)14-4/h5-6,9H,7H2,1-4H3/t9-/m0/s1. The summed E-state index contributed by atoms with van der Waals surface area (Å²) in [7, 11) is 1.87. The molecule has 1 rings (SSSR count). The number of amides is 1. The summed E-state index contributed by atoms with van der Waals surface area (Å²) in [6, 6.07) is 2.09. The summed E-state index contributed by atoms with van der Waals surface area (Å²) in [5, 5.41) is 2.12. The molecule has 1 heterocycles. The van der Waals surface area contributed by atoms with E-state index in [4.69, 9.17) is 0 Å². The van der Waals surface area contributed by atoms with E-state index >= 15 is 0 Å². The first-order valence-corrected chi connectivity index (χ1v) is 7.03. The van der Waals surface area contributed by atoms with Gasteiger partial charge in [-0.2, -0.15) is 11.8 Å². The summed E-state index contributed by atoms with van der Waals surface area (Å²) in [5.41, 5.74) is 1.27. The number of thioether (sulfide) groups is 1. The van der Waals surface area contributed by atoms with Crippen LogP contribution in [0.25, 0.3) is 0 Å². The van der Waals surface area contributed by atoms with Gasteiger partial charge >= 0.3 is 0 Å². The Balaban J connectivity index is 2.60. The molecule has 1 aromatic heterocycles. The Kier molecular flexibility index (Phi) is 4.67. The molecule has 2 nitrogen and oxygen atoms in total. The molecule has 1 amide bonds. The Hall–Kier alpha value is -0.480. The number of aryl methyl sites for hydroxylation is 1. The molecule has 0 saturated heterocycles. The molecule has 0 fully saturated rings. The van der Waals surface area contributed by atoms with Gasteiger partial charge in [0.2, 0.25) is 5.91 Å². The third kappa shape index (κ3) is 3.24. The third-order valence-electron chi connectivity index (χ3n) is 2.43. The first-order valence-electron chi connectivity index (χ1n) is 4.87. The topological polar surface area (TPSA) is 20.3 Å². The predicted octanol–water partition coefficient (Wildman–Crippen LogP) is 2.77. The molecule has 4 heteroatoms. The second-order valence-corrected chi connectivity index (χ2v) is 5.78. The van der Waals surface area contributed by atoms with Crippen molar-refractivity contribution in [3.05, 3.63) is 21.9 Å². The number of thiophene rings is 1. The lowest BCUT2D eigenvalue weighted by Crippen LogP contribution is -2.32. The van der Waals surface area contributed by atoms with Crippen LogP contribution < -0.4 is 0 Å². The maximum atomic E-state index is 11.8. The van der Waals surface area contributed by atoms with Crippen LogP contribution in [0.3, 0.4) is 0 Å². The molecule has 15 heavy (non-hydrogen) atoms. The van der Waals surface area contributed by atoms with Gasteiger partial charge in [0.15, 0.2) is 0 Å². The van der Waals surface area contributed by atoms with Gasteiger partial charge in [-0.05, 0) is 37.1 Å². The summed E-state index contributed by atoms with van der Waals surface area (Å²) < 4.78 is 0. The smallest absolute Gasteiger partial charge is 0.235 e. The van der Waals surface area contributed by atoms with Gasteiger partial charge < -0.3 is 4.90 Å². The molecule has 1 aromatic rings. The van der Waals surface area contributed by atoms with Gasteiger partial charge in [-0.25, -0.2) is 0 Å². The van der Waals surface area contributed by atoms with Gasteiger partial charge in [0.1, 0.15) is 0 Å². The normalized spacial score (nSPS) is 12.5. The monoisotopic (exact) mass is 243 g/mol. The Labute approximate surface area is 99.7 Å². The van der Waals surface area contributed by atoms with Gasteiger partial charge in [-0.3, -0.25) is 4.79 Å². The zero-order valence-corrected chi connectivity index (χ0v) is 11.2. The Morgan fingerprint density at radius 1 is 1.67 bits per heavy atom. The fraction of sp³-hybridized carbons (Fsp3) is 0.545. The van der Waals surface area contributed by atoms with E-state index in [1.807, 2.05) is 20.2 Å². The maximum Gasteiger partial charge on any atom is 0.235 e. The highest BCUT2D eigenvalue weighted by molar-refractivity contribution is 7.99. The number of hydrogen-bond acceptors (Lipinski definition) is 3. The fourth-order valence-corrected chi connectivity index (χ4v) is 2.61. The summed E-state index contributed by atoms with van der Waals surface area (Å²) in [5.74, 6) is 0.204. The highest BCUT2D eigenvalue weighted by Crippen LogP contribution is 2.18. The lowest BCUT2D eigenvalue weighted by Gasteiger charge is -2.20.